The Bertz CT molecular complexity index is 1330. The van der Waals surface area contributed by atoms with E-state index in [0.717, 1.165) is 51.6 Å². The number of likely N-dealkylation sites (tertiary alicyclic amines) is 1. The first-order valence-corrected chi connectivity index (χ1v) is 19.1. The van der Waals surface area contributed by atoms with Gasteiger partial charge in [-0.1, -0.05) is 74.1 Å². The molecule has 12 heteroatoms. The van der Waals surface area contributed by atoms with Gasteiger partial charge < -0.3 is 31.3 Å². The van der Waals surface area contributed by atoms with Crippen LogP contribution in [0.5, 0.6) is 0 Å². The van der Waals surface area contributed by atoms with E-state index in [0.29, 0.717) is 25.9 Å². The maximum atomic E-state index is 14.8. The molecule has 282 valence electrons. The van der Waals surface area contributed by atoms with Gasteiger partial charge in [-0.2, -0.15) is 0 Å². The number of primary amides is 1. The van der Waals surface area contributed by atoms with E-state index in [9.17, 15) is 24.0 Å². The highest BCUT2D eigenvalue weighted by Gasteiger charge is 2.85. The molecular formula is C38H64N6O6. The molecule has 2 aliphatic heterocycles. The molecule has 5 fully saturated rings. The van der Waals surface area contributed by atoms with Crippen LogP contribution in [0, 0.1) is 33.5 Å². The minimum Gasteiger partial charge on any atom is -0.373 e. The van der Waals surface area contributed by atoms with Gasteiger partial charge in [0.1, 0.15) is 12.1 Å². The molecule has 12 nitrogen and oxygen atoms in total. The highest BCUT2D eigenvalue weighted by molar-refractivity contribution is 6.37. The topological polar surface area (TPSA) is 163 Å². The molecule has 3 aliphatic carbocycles. The molecule has 0 aromatic rings. The third kappa shape index (κ3) is 7.04. The highest BCUT2D eigenvalue weighted by atomic mass is 16.5. The Morgan fingerprint density at radius 1 is 0.920 bits per heavy atom. The summed E-state index contributed by atoms with van der Waals surface area (Å²) in [5.74, 6) is -2.22. The first kappa shape index (κ1) is 38.5. The Kier molecular flexibility index (Phi) is 10.8. The summed E-state index contributed by atoms with van der Waals surface area (Å²) >= 11 is 0. The van der Waals surface area contributed by atoms with Gasteiger partial charge in [-0.3, -0.25) is 24.1 Å². The number of morpholine rings is 1. The highest BCUT2D eigenvalue weighted by Crippen LogP contribution is 2.88. The van der Waals surface area contributed by atoms with Crippen LogP contribution in [0.3, 0.4) is 0 Å². The maximum Gasteiger partial charge on any atom is 0.315 e. The van der Waals surface area contributed by atoms with Crippen LogP contribution in [0.15, 0.2) is 0 Å². The molecule has 0 aromatic carbocycles. The lowest BCUT2D eigenvalue weighted by Crippen LogP contribution is -2.61. The van der Waals surface area contributed by atoms with Crippen molar-refractivity contribution in [3.63, 3.8) is 0 Å². The molecule has 0 radical (unpaired) electrons. The monoisotopic (exact) mass is 700 g/mol. The van der Waals surface area contributed by atoms with Gasteiger partial charge in [-0.05, 0) is 67.6 Å². The quantitative estimate of drug-likeness (QED) is 0.227. The van der Waals surface area contributed by atoms with Crippen LogP contribution in [-0.4, -0.2) is 102 Å². The number of ketones is 1. The summed E-state index contributed by atoms with van der Waals surface area (Å²) in [6, 6.07) is -3.35. The van der Waals surface area contributed by atoms with Crippen molar-refractivity contribution in [1.29, 1.82) is 0 Å². The van der Waals surface area contributed by atoms with E-state index in [-0.39, 0.29) is 52.2 Å². The van der Waals surface area contributed by atoms with E-state index < -0.39 is 47.2 Å². The summed E-state index contributed by atoms with van der Waals surface area (Å²) in [6.07, 6.45) is 7.23. The fraction of sp³-hybridized carbons (Fsp3) is 0.868. The summed E-state index contributed by atoms with van der Waals surface area (Å²) in [7, 11) is 0. The number of carbonyl (C=O) groups is 5. The van der Waals surface area contributed by atoms with E-state index in [1.165, 1.54) is 0 Å². The van der Waals surface area contributed by atoms with Crippen molar-refractivity contribution in [2.24, 2.45) is 39.2 Å². The van der Waals surface area contributed by atoms with Crippen LogP contribution < -0.4 is 21.7 Å². The lowest BCUT2D eigenvalue weighted by molar-refractivity contribution is -0.143. The second kappa shape index (κ2) is 14.0. The van der Waals surface area contributed by atoms with Crippen molar-refractivity contribution < 1.29 is 28.7 Å². The fourth-order valence-electron chi connectivity index (χ4n) is 10.1. The van der Waals surface area contributed by atoms with Crippen LogP contribution in [0.1, 0.15) is 114 Å². The SMILES string of the molecule is CC(C)[C@@H](CN1C[C@@H](C)O[C@@H](C)C1)NC(=O)N[C@H](C(=O)N1C[C@]2(C[C@H]1C(=O)NC(CC1CCC1)C(=O)C(N)=O)C(C)(C)C21CCC1)C(C)(C)C. The summed E-state index contributed by atoms with van der Waals surface area (Å²) in [5, 5.41) is 9.08. The summed E-state index contributed by atoms with van der Waals surface area (Å²) in [6.45, 7) is 21.2. The number of Topliss-reactive ketones (excluding diaryl/α,β-unsaturated/α-hetero) is 1. The lowest BCUT2D eigenvalue weighted by Gasteiger charge is -2.39. The molecular weight excluding hydrogens is 636 g/mol. The zero-order chi connectivity index (χ0) is 37.0. The molecule has 7 atom stereocenters. The number of fused-ring (bicyclic) bond motifs is 1. The number of nitrogens with two attached hydrogens (primary N) is 1. The minimum atomic E-state index is -1.07. The Balaban J connectivity index is 1.36. The minimum absolute atomic E-state index is 0.0585. The van der Waals surface area contributed by atoms with Gasteiger partial charge in [-0.25, -0.2) is 4.79 Å². The van der Waals surface area contributed by atoms with E-state index in [4.69, 9.17) is 10.5 Å². The van der Waals surface area contributed by atoms with Gasteiger partial charge in [0.15, 0.2) is 0 Å². The second-order valence-corrected chi connectivity index (χ2v) is 18.4. The molecule has 3 saturated carbocycles. The Morgan fingerprint density at radius 2 is 1.54 bits per heavy atom. The zero-order valence-electron chi connectivity index (χ0n) is 32.0. The number of nitrogens with one attached hydrogen (secondary N) is 3. The van der Waals surface area contributed by atoms with Crippen LogP contribution in [0.4, 0.5) is 4.79 Å². The molecule has 0 aromatic heterocycles. The first-order valence-electron chi connectivity index (χ1n) is 19.1. The van der Waals surface area contributed by atoms with Crippen molar-refractivity contribution in [3.8, 4) is 0 Å². The van der Waals surface area contributed by atoms with E-state index in [1.807, 2.05) is 20.8 Å². The van der Waals surface area contributed by atoms with Crippen molar-refractivity contribution in [1.82, 2.24) is 25.8 Å². The number of amides is 5. The van der Waals surface area contributed by atoms with E-state index in [1.54, 1.807) is 4.90 Å². The predicted octanol–water partition coefficient (Wildman–Crippen LogP) is 3.36. The molecule has 2 heterocycles. The van der Waals surface area contributed by atoms with Gasteiger partial charge >= 0.3 is 6.03 Å². The third-order valence-corrected chi connectivity index (χ3v) is 13.5. The van der Waals surface area contributed by atoms with Gasteiger partial charge in [0.2, 0.25) is 17.6 Å². The van der Waals surface area contributed by atoms with Gasteiger partial charge in [0, 0.05) is 37.6 Å². The summed E-state index contributed by atoms with van der Waals surface area (Å²) in [5.41, 5.74) is 4.50. The fourth-order valence-corrected chi connectivity index (χ4v) is 10.1. The average Bonchev–Trinajstić information content (AvgIpc) is 3.18. The lowest BCUT2D eigenvalue weighted by atomic mass is 9.73. The standard InChI is InChI=1S/C38H64N6O6/c1-22(2)27(20-43-18-23(3)50-24(4)19-43)41-34(49)42-30(35(5,6)7)33(48)44-21-38(36(8,9)37(38)14-11-15-37)17-28(44)32(47)40-26(29(45)31(39)46)16-25-12-10-13-25/h22-28,30H,10-21H2,1-9H3,(H2,39,46)(H,40,47)(H2,41,42,49)/t23-,24+,26?,27-,28+,30-,38-/m1/s1. The number of hydrogen-bond acceptors (Lipinski definition) is 7. The molecule has 1 unspecified atom stereocenters. The number of ether oxygens (including phenoxy) is 1. The molecule has 50 heavy (non-hydrogen) atoms. The van der Waals surface area contributed by atoms with Crippen molar-refractivity contribution in [3.05, 3.63) is 0 Å². The molecule has 2 spiro atoms. The molecule has 5 N–H and O–H groups in total. The number of hydrogen-bond donors (Lipinski definition) is 4. The number of carbonyl (C=O) groups excluding carboxylic acids is 5. The Morgan fingerprint density at radius 3 is 2.00 bits per heavy atom. The number of rotatable bonds is 12. The second-order valence-electron chi connectivity index (χ2n) is 18.4. The number of urea groups is 1. The third-order valence-electron chi connectivity index (χ3n) is 13.5. The predicted molar refractivity (Wildman–Crippen MR) is 191 cm³/mol. The van der Waals surface area contributed by atoms with Gasteiger partial charge in [0.25, 0.3) is 5.91 Å². The normalized spacial score (nSPS) is 30.6. The Hall–Kier alpha value is -2.73. The number of nitrogens with zero attached hydrogens (tertiary/aromatic N) is 2. The van der Waals surface area contributed by atoms with E-state index in [2.05, 4.69) is 62.4 Å². The average molecular weight is 701 g/mol. The van der Waals surface area contributed by atoms with Crippen molar-refractivity contribution in [2.75, 3.05) is 26.2 Å². The van der Waals surface area contributed by atoms with Gasteiger partial charge in [0.05, 0.1) is 18.2 Å². The summed E-state index contributed by atoms with van der Waals surface area (Å²) in [4.78, 5) is 71.7. The molecule has 5 amide bonds. The zero-order valence-corrected chi connectivity index (χ0v) is 32.0. The molecule has 5 rings (SSSR count). The molecule has 2 saturated heterocycles. The first-order chi connectivity index (χ1) is 23.2. The van der Waals surface area contributed by atoms with Crippen LogP contribution in [0.25, 0.3) is 0 Å². The smallest absolute Gasteiger partial charge is 0.315 e. The van der Waals surface area contributed by atoms with Crippen LogP contribution in [-0.2, 0) is 23.9 Å². The molecule has 5 aliphatic rings. The maximum absolute atomic E-state index is 14.8. The molecule has 0 bridgehead atoms. The largest absolute Gasteiger partial charge is 0.373 e. The van der Waals surface area contributed by atoms with E-state index >= 15 is 0 Å². The van der Waals surface area contributed by atoms with Crippen LogP contribution >= 0.6 is 0 Å². The van der Waals surface area contributed by atoms with Gasteiger partial charge in [-0.15, -0.1) is 0 Å². The van der Waals surface area contributed by atoms with Crippen LogP contribution in [0.2, 0.25) is 0 Å². The van der Waals surface area contributed by atoms with Crippen molar-refractivity contribution >= 4 is 29.5 Å². The Labute approximate surface area is 299 Å². The summed E-state index contributed by atoms with van der Waals surface area (Å²) < 4.78 is 5.90. The van der Waals surface area contributed by atoms with Crippen molar-refractivity contribution in [2.45, 2.75) is 150 Å².